The van der Waals surface area contributed by atoms with Crippen LogP contribution in [-0.4, -0.2) is 40.6 Å². The summed E-state index contributed by atoms with van der Waals surface area (Å²) < 4.78 is 28.5. The van der Waals surface area contributed by atoms with Crippen molar-refractivity contribution < 1.29 is 8.42 Å². The summed E-state index contributed by atoms with van der Waals surface area (Å²) in [6.07, 6.45) is 2.40. The molecule has 0 amide bonds. The van der Waals surface area contributed by atoms with E-state index in [1.165, 1.54) is 22.9 Å². The zero-order chi connectivity index (χ0) is 19.7. The minimum Gasteiger partial charge on any atom is -0.369 e. The van der Waals surface area contributed by atoms with Crippen molar-refractivity contribution in [2.75, 3.05) is 31.1 Å². The standard InChI is InChI=1S/C21H26ClN3O2S/c1-15-5-7-18(14-20(15)22)28(26,27)24-17-6-8-19-16(13-17)3-2-4-21(19)25-11-9-23-10-12-25/h2-5,7,14,17,23-24H,6,8-13H2,1H3/t17-/m0/s1. The van der Waals surface area contributed by atoms with Crippen molar-refractivity contribution in [3.8, 4) is 0 Å². The Hall–Kier alpha value is -1.60. The van der Waals surface area contributed by atoms with Gasteiger partial charge in [-0.25, -0.2) is 13.1 Å². The Balaban J connectivity index is 1.52. The molecule has 5 nitrogen and oxygen atoms in total. The second-order valence-corrected chi connectivity index (χ2v) is 9.75. The molecule has 7 heteroatoms. The first kappa shape index (κ1) is 19.7. The van der Waals surface area contributed by atoms with Crippen molar-refractivity contribution in [1.82, 2.24) is 10.0 Å². The molecule has 2 N–H and O–H groups in total. The highest BCUT2D eigenvalue weighted by Crippen LogP contribution is 2.31. The highest BCUT2D eigenvalue weighted by atomic mass is 35.5. The van der Waals surface area contributed by atoms with Crippen LogP contribution >= 0.6 is 11.6 Å². The van der Waals surface area contributed by atoms with Crippen molar-refractivity contribution >= 4 is 27.3 Å². The van der Waals surface area contributed by atoms with E-state index in [-0.39, 0.29) is 10.9 Å². The lowest BCUT2D eigenvalue weighted by molar-refractivity contribution is 0.506. The molecule has 1 aliphatic carbocycles. The number of nitrogens with one attached hydrogen (secondary N) is 2. The zero-order valence-electron chi connectivity index (χ0n) is 16.0. The third kappa shape index (κ3) is 4.06. The minimum atomic E-state index is -3.59. The summed E-state index contributed by atoms with van der Waals surface area (Å²) in [6, 6.07) is 11.2. The zero-order valence-corrected chi connectivity index (χ0v) is 17.6. The summed E-state index contributed by atoms with van der Waals surface area (Å²) in [5.74, 6) is 0. The Bertz CT molecular complexity index is 972. The van der Waals surface area contributed by atoms with Gasteiger partial charge in [-0.1, -0.05) is 29.8 Å². The number of nitrogens with zero attached hydrogens (tertiary/aromatic N) is 1. The van der Waals surface area contributed by atoms with E-state index in [4.69, 9.17) is 11.6 Å². The van der Waals surface area contributed by atoms with Crippen LogP contribution in [0.4, 0.5) is 5.69 Å². The molecule has 150 valence electrons. The van der Waals surface area contributed by atoms with Crippen LogP contribution in [0.3, 0.4) is 0 Å². The SMILES string of the molecule is Cc1ccc(S(=O)(=O)N[C@H]2CCc3c(cccc3N3CCNCC3)C2)cc1Cl. The molecule has 1 saturated heterocycles. The highest BCUT2D eigenvalue weighted by Gasteiger charge is 2.27. The van der Waals surface area contributed by atoms with Crippen LogP contribution in [0.15, 0.2) is 41.3 Å². The van der Waals surface area contributed by atoms with Crippen LogP contribution in [0.25, 0.3) is 0 Å². The molecule has 0 spiro atoms. The monoisotopic (exact) mass is 419 g/mol. The molecule has 1 aliphatic heterocycles. The normalized spacial score (nSPS) is 20.1. The lowest BCUT2D eigenvalue weighted by Gasteiger charge is -2.34. The van der Waals surface area contributed by atoms with Gasteiger partial charge in [0.2, 0.25) is 10.0 Å². The van der Waals surface area contributed by atoms with E-state index in [2.05, 4.69) is 33.1 Å². The molecule has 1 fully saturated rings. The molecule has 1 atom stereocenters. The number of sulfonamides is 1. The number of hydrogen-bond donors (Lipinski definition) is 2. The largest absolute Gasteiger partial charge is 0.369 e. The van der Waals surface area contributed by atoms with E-state index in [1.807, 2.05) is 6.92 Å². The van der Waals surface area contributed by atoms with Gasteiger partial charge in [-0.15, -0.1) is 0 Å². The van der Waals surface area contributed by atoms with Crippen molar-refractivity contribution in [1.29, 1.82) is 0 Å². The van der Waals surface area contributed by atoms with Gasteiger partial charge in [-0.2, -0.15) is 0 Å². The molecule has 0 unspecified atom stereocenters. The molecular formula is C21H26ClN3O2S. The number of rotatable bonds is 4. The van der Waals surface area contributed by atoms with Gasteiger partial charge in [-0.3, -0.25) is 0 Å². The number of fused-ring (bicyclic) bond motifs is 1. The van der Waals surface area contributed by atoms with Crippen LogP contribution in [0.1, 0.15) is 23.1 Å². The molecule has 2 aromatic carbocycles. The molecule has 0 saturated carbocycles. The number of halogens is 1. The average Bonchev–Trinajstić information content (AvgIpc) is 2.69. The van der Waals surface area contributed by atoms with E-state index in [1.54, 1.807) is 12.1 Å². The maximum atomic E-state index is 12.8. The molecular weight excluding hydrogens is 394 g/mol. The Morgan fingerprint density at radius 2 is 1.96 bits per heavy atom. The van der Waals surface area contributed by atoms with E-state index in [9.17, 15) is 8.42 Å². The van der Waals surface area contributed by atoms with E-state index < -0.39 is 10.0 Å². The first-order valence-corrected chi connectivity index (χ1v) is 11.6. The van der Waals surface area contributed by atoms with Crippen molar-refractivity contribution in [3.05, 3.63) is 58.1 Å². The third-order valence-electron chi connectivity index (χ3n) is 5.69. The molecule has 2 aliphatic rings. The molecule has 2 aromatic rings. The van der Waals surface area contributed by atoms with Gasteiger partial charge in [0.1, 0.15) is 0 Å². The van der Waals surface area contributed by atoms with Gasteiger partial charge in [0, 0.05) is 42.9 Å². The molecule has 0 radical (unpaired) electrons. The van der Waals surface area contributed by atoms with Crippen LogP contribution in [-0.2, 0) is 22.9 Å². The molecule has 1 heterocycles. The first-order chi connectivity index (χ1) is 13.4. The minimum absolute atomic E-state index is 0.101. The summed E-state index contributed by atoms with van der Waals surface area (Å²) in [4.78, 5) is 2.66. The Labute approximate surface area is 172 Å². The lowest BCUT2D eigenvalue weighted by atomic mass is 9.87. The predicted molar refractivity (Wildman–Crippen MR) is 114 cm³/mol. The van der Waals surface area contributed by atoms with Gasteiger partial charge < -0.3 is 10.2 Å². The van der Waals surface area contributed by atoms with Gasteiger partial charge in [0.15, 0.2) is 0 Å². The number of hydrogen-bond acceptors (Lipinski definition) is 4. The molecule has 4 rings (SSSR count). The summed E-state index contributed by atoms with van der Waals surface area (Å²) in [7, 11) is -3.59. The van der Waals surface area contributed by atoms with Crippen molar-refractivity contribution in [2.45, 2.75) is 37.1 Å². The summed E-state index contributed by atoms with van der Waals surface area (Å²) >= 11 is 6.12. The number of aryl methyl sites for hydroxylation is 1. The number of anilines is 1. The maximum Gasteiger partial charge on any atom is 0.240 e. The van der Waals surface area contributed by atoms with Crippen LogP contribution in [0.5, 0.6) is 0 Å². The Kier molecular flexibility index (Phi) is 5.65. The molecule has 0 aromatic heterocycles. The smallest absolute Gasteiger partial charge is 0.240 e. The average molecular weight is 420 g/mol. The Morgan fingerprint density at radius 3 is 2.71 bits per heavy atom. The van der Waals surface area contributed by atoms with Crippen LogP contribution < -0.4 is 14.9 Å². The quantitative estimate of drug-likeness (QED) is 0.799. The summed E-state index contributed by atoms with van der Waals surface area (Å²) in [6.45, 7) is 5.90. The van der Waals surface area contributed by atoms with Gasteiger partial charge >= 0.3 is 0 Å². The Morgan fingerprint density at radius 1 is 1.18 bits per heavy atom. The van der Waals surface area contributed by atoms with Crippen LogP contribution in [0.2, 0.25) is 5.02 Å². The van der Waals surface area contributed by atoms with E-state index >= 15 is 0 Å². The van der Waals surface area contributed by atoms with Crippen molar-refractivity contribution in [2.24, 2.45) is 0 Å². The number of piperazine rings is 1. The van der Waals surface area contributed by atoms with Gasteiger partial charge in [0.25, 0.3) is 0 Å². The topological polar surface area (TPSA) is 61.4 Å². The number of benzene rings is 2. The maximum absolute atomic E-state index is 12.8. The fourth-order valence-corrected chi connectivity index (χ4v) is 5.66. The molecule has 0 bridgehead atoms. The predicted octanol–water partition coefficient (Wildman–Crippen LogP) is 2.89. The van der Waals surface area contributed by atoms with Gasteiger partial charge in [0.05, 0.1) is 4.90 Å². The first-order valence-electron chi connectivity index (χ1n) is 9.79. The van der Waals surface area contributed by atoms with Crippen LogP contribution in [0, 0.1) is 6.92 Å². The second-order valence-electron chi connectivity index (χ2n) is 7.62. The van der Waals surface area contributed by atoms with E-state index in [0.29, 0.717) is 11.4 Å². The van der Waals surface area contributed by atoms with Crippen molar-refractivity contribution in [3.63, 3.8) is 0 Å². The van der Waals surface area contributed by atoms with Gasteiger partial charge in [-0.05, 0) is 61.1 Å². The summed E-state index contributed by atoms with van der Waals surface area (Å²) in [5.41, 5.74) is 4.80. The fourth-order valence-electron chi connectivity index (χ4n) is 4.12. The third-order valence-corrected chi connectivity index (χ3v) is 7.62. The highest BCUT2D eigenvalue weighted by molar-refractivity contribution is 7.89. The second kappa shape index (κ2) is 8.03. The fraction of sp³-hybridized carbons (Fsp3) is 0.429. The van der Waals surface area contributed by atoms with E-state index in [0.717, 1.165) is 44.6 Å². The summed E-state index contributed by atoms with van der Waals surface area (Å²) in [5, 5.41) is 3.86. The lowest BCUT2D eigenvalue weighted by Crippen LogP contribution is -2.44. The molecule has 28 heavy (non-hydrogen) atoms.